The lowest BCUT2D eigenvalue weighted by Gasteiger charge is -2.43. The molecule has 1 aromatic carbocycles. The van der Waals surface area contributed by atoms with Gasteiger partial charge < -0.3 is 10.2 Å². The van der Waals surface area contributed by atoms with Gasteiger partial charge in [-0.3, -0.25) is 9.59 Å². The lowest BCUT2D eigenvalue weighted by molar-refractivity contribution is -0.147. The number of nitrogens with one attached hydrogen (secondary N) is 1. The molecule has 0 aromatic heterocycles. The Balaban J connectivity index is 1.49. The van der Waals surface area contributed by atoms with Crippen molar-refractivity contribution < 1.29 is 18.4 Å². The Kier molecular flexibility index (Phi) is 6.38. The van der Waals surface area contributed by atoms with Crippen molar-refractivity contribution in [1.29, 1.82) is 0 Å². The molecule has 0 spiro atoms. The minimum atomic E-state index is -0.674. The van der Waals surface area contributed by atoms with Crippen LogP contribution in [-0.4, -0.2) is 43.9 Å². The molecule has 1 heterocycles. The Morgan fingerprint density at radius 2 is 1.79 bits per heavy atom. The van der Waals surface area contributed by atoms with Crippen LogP contribution < -0.4 is 5.32 Å². The summed E-state index contributed by atoms with van der Waals surface area (Å²) in [6, 6.07) is 3.75. The summed E-state index contributed by atoms with van der Waals surface area (Å²) in [4.78, 5) is 27.6. The highest BCUT2D eigenvalue weighted by Crippen LogP contribution is 2.60. The van der Waals surface area contributed by atoms with Crippen LogP contribution in [0, 0.1) is 46.1 Å². The van der Waals surface area contributed by atoms with Crippen molar-refractivity contribution in [2.75, 3.05) is 27.2 Å². The number of hydrogen-bond acceptors (Lipinski definition) is 4. The molecule has 184 valence electrons. The van der Waals surface area contributed by atoms with Crippen molar-refractivity contribution >= 4 is 17.5 Å². The Hall–Kier alpha value is -2.64. The Morgan fingerprint density at radius 1 is 1.18 bits per heavy atom. The van der Waals surface area contributed by atoms with E-state index in [2.05, 4.69) is 29.4 Å². The number of rotatable bonds is 6. The number of carbonyl (C=O) groups is 2. The molecule has 3 aliphatic rings. The van der Waals surface area contributed by atoms with Gasteiger partial charge in [0.25, 0.3) is 0 Å². The number of benzene rings is 1. The van der Waals surface area contributed by atoms with Crippen LogP contribution >= 0.6 is 0 Å². The highest BCUT2D eigenvalue weighted by atomic mass is 19.1. The monoisotopic (exact) mass is 472 g/mol. The van der Waals surface area contributed by atoms with E-state index in [-0.39, 0.29) is 52.2 Å². The van der Waals surface area contributed by atoms with Gasteiger partial charge in [0, 0.05) is 33.1 Å². The average molecular weight is 473 g/mol. The maximum atomic E-state index is 14.4. The van der Waals surface area contributed by atoms with E-state index >= 15 is 0 Å². The highest BCUT2D eigenvalue weighted by Gasteiger charge is 2.63. The zero-order chi connectivity index (χ0) is 24.8. The van der Waals surface area contributed by atoms with E-state index in [0.29, 0.717) is 19.5 Å². The molecule has 4 rings (SSSR count). The zero-order valence-corrected chi connectivity index (χ0v) is 20.6. The number of halogens is 2. The molecule has 1 aliphatic heterocycles. The van der Waals surface area contributed by atoms with Gasteiger partial charge >= 0.3 is 0 Å². The first-order valence-electron chi connectivity index (χ1n) is 12.0. The fraction of sp³-hybridized carbons (Fsp3) is 0.615. The molecular formula is C26H34F2N4O2. The van der Waals surface area contributed by atoms with E-state index in [4.69, 9.17) is 0 Å². The van der Waals surface area contributed by atoms with Gasteiger partial charge in [0.05, 0.1) is 16.7 Å². The molecule has 2 saturated carbocycles. The summed E-state index contributed by atoms with van der Waals surface area (Å²) >= 11 is 0. The van der Waals surface area contributed by atoms with Crippen LogP contribution in [0.1, 0.15) is 45.6 Å². The van der Waals surface area contributed by atoms with Gasteiger partial charge in [-0.2, -0.15) is 10.2 Å². The van der Waals surface area contributed by atoms with Crippen LogP contribution in [0.2, 0.25) is 0 Å². The molecular weight excluding hydrogens is 438 g/mol. The number of piperidine rings is 1. The molecule has 6 nitrogen and oxygen atoms in total. The van der Waals surface area contributed by atoms with Gasteiger partial charge in [-0.05, 0) is 54.6 Å². The lowest BCUT2D eigenvalue weighted by atomic mass is 9.64. The van der Waals surface area contributed by atoms with Crippen molar-refractivity contribution in [1.82, 2.24) is 10.2 Å². The summed E-state index contributed by atoms with van der Waals surface area (Å²) < 4.78 is 28.7. The molecule has 34 heavy (non-hydrogen) atoms. The second-order valence-electron chi connectivity index (χ2n) is 10.7. The van der Waals surface area contributed by atoms with Gasteiger partial charge in [-0.1, -0.05) is 32.9 Å². The summed E-state index contributed by atoms with van der Waals surface area (Å²) in [7, 11) is 3.13. The van der Waals surface area contributed by atoms with E-state index in [0.717, 1.165) is 12.8 Å². The largest absolute Gasteiger partial charge is 0.359 e. The summed E-state index contributed by atoms with van der Waals surface area (Å²) in [5.41, 5.74) is -0.866. The topological polar surface area (TPSA) is 74.1 Å². The molecule has 2 aliphatic carbocycles. The van der Waals surface area contributed by atoms with Crippen LogP contribution in [0.4, 0.5) is 8.78 Å². The molecule has 5 atom stereocenters. The second kappa shape index (κ2) is 8.86. The number of likely N-dealkylation sites (tertiary alicyclic amines) is 1. The smallest absolute Gasteiger partial charge is 0.229 e. The summed E-state index contributed by atoms with van der Waals surface area (Å²) in [5.74, 6) is -0.385. The number of nitrogens with zero attached hydrogens (tertiary/aromatic N) is 3. The minimum Gasteiger partial charge on any atom is -0.359 e. The molecule has 8 heteroatoms. The number of carbonyl (C=O) groups excluding carboxylic acids is 2. The van der Waals surface area contributed by atoms with Crippen LogP contribution in [0.15, 0.2) is 34.5 Å². The molecule has 1 N–H and O–H groups in total. The molecule has 1 saturated heterocycles. The first-order valence-corrected chi connectivity index (χ1v) is 12.0. The molecule has 1 unspecified atom stereocenters. The van der Waals surface area contributed by atoms with Gasteiger partial charge in [-0.25, -0.2) is 8.78 Å². The van der Waals surface area contributed by atoms with Gasteiger partial charge in [0.15, 0.2) is 0 Å². The zero-order valence-electron chi connectivity index (χ0n) is 20.6. The second-order valence-corrected chi connectivity index (χ2v) is 10.7. The van der Waals surface area contributed by atoms with Gasteiger partial charge in [0.1, 0.15) is 11.6 Å². The number of allylic oxidation sites excluding steroid dienone is 1. The predicted octanol–water partition coefficient (Wildman–Crippen LogP) is 4.67. The fourth-order valence-electron chi connectivity index (χ4n) is 6.29. The van der Waals surface area contributed by atoms with Gasteiger partial charge in [-0.15, -0.1) is 0 Å². The third-order valence-electron chi connectivity index (χ3n) is 8.96. The van der Waals surface area contributed by atoms with E-state index < -0.39 is 17.0 Å². The van der Waals surface area contributed by atoms with Crippen molar-refractivity contribution in [3.63, 3.8) is 0 Å². The van der Waals surface area contributed by atoms with Crippen molar-refractivity contribution in [3.8, 4) is 0 Å². The van der Waals surface area contributed by atoms with Crippen molar-refractivity contribution in [2.24, 2.45) is 44.7 Å². The fourth-order valence-corrected chi connectivity index (χ4v) is 6.29. The van der Waals surface area contributed by atoms with E-state index in [9.17, 15) is 18.4 Å². The summed E-state index contributed by atoms with van der Waals surface area (Å²) in [5, 5.41) is 10.5. The average Bonchev–Trinajstić information content (AvgIpc) is 3.18. The van der Waals surface area contributed by atoms with Crippen molar-refractivity contribution in [3.05, 3.63) is 41.5 Å². The first kappa shape index (κ1) is 24.5. The lowest BCUT2D eigenvalue weighted by Crippen LogP contribution is -2.49. The highest BCUT2D eigenvalue weighted by molar-refractivity contribution is 5.86. The molecule has 0 bridgehead atoms. The Bertz CT molecular complexity index is 1020. The minimum absolute atomic E-state index is 0.0428. The number of amides is 2. The van der Waals surface area contributed by atoms with Crippen LogP contribution in [0.25, 0.3) is 5.70 Å². The standard InChI is InChI=1S/C26H34F2N4O2/c1-25(2)15(9-10-20(31-30-5)22-18(27)7-6-8-19(22)28)11-12-26(25,3)24(34)32-13-16-17(14-32)21(16)23(33)29-4/h6-8,10,15-17,21H,9,11-14H2,1-5H3,(H,29,33)/b20-10-,31-30-/t15?,16-,17+,21-,26-/m1/s1. The predicted molar refractivity (Wildman–Crippen MR) is 125 cm³/mol. The van der Waals surface area contributed by atoms with E-state index in [1.807, 2.05) is 11.8 Å². The third-order valence-corrected chi connectivity index (χ3v) is 8.96. The SMILES string of the molecule is C/N=N\C(=C/CC1CC[C@](C)(C(=O)N2C[C@@H]3[C@H](C2)[C@@H]3C(=O)NC)C1(C)C)c1c(F)cccc1F. The number of fused-ring (bicyclic) bond motifs is 1. The Labute approximate surface area is 199 Å². The number of hydrogen-bond donors (Lipinski definition) is 1. The van der Waals surface area contributed by atoms with Crippen LogP contribution in [0.3, 0.4) is 0 Å². The quantitative estimate of drug-likeness (QED) is 0.611. The number of azo groups is 1. The van der Waals surface area contributed by atoms with Crippen LogP contribution in [0.5, 0.6) is 0 Å². The molecule has 1 aromatic rings. The normalized spacial score (nSPS) is 32.2. The van der Waals surface area contributed by atoms with Crippen molar-refractivity contribution in [2.45, 2.75) is 40.0 Å². The summed E-state index contributed by atoms with van der Waals surface area (Å²) in [6.45, 7) is 7.57. The van der Waals surface area contributed by atoms with E-state index in [1.54, 1.807) is 13.1 Å². The first-order chi connectivity index (χ1) is 16.1. The Morgan fingerprint density at radius 3 is 2.35 bits per heavy atom. The maximum Gasteiger partial charge on any atom is 0.229 e. The van der Waals surface area contributed by atoms with Gasteiger partial charge in [0.2, 0.25) is 11.8 Å². The maximum absolute atomic E-state index is 14.4. The van der Waals surface area contributed by atoms with Crippen LogP contribution in [-0.2, 0) is 9.59 Å². The van der Waals surface area contributed by atoms with E-state index in [1.165, 1.54) is 25.2 Å². The molecule has 0 radical (unpaired) electrons. The summed E-state index contributed by atoms with van der Waals surface area (Å²) in [6.07, 6.45) is 3.88. The molecule has 3 fully saturated rings. The molecule has 2 amide bonds. The third kappa shape index (κ3) is 3.85.